The highest BCUT2D eigenvalue weighted by Crippen LogP contribution is 2.29. The van der Waals surface area contributed by atoms with E-state index in [1.54, 1.807) is 6.20 Å². The Morgan fingerprint density at radius 2 is 1.75 bits per heavy atom. The van der Waals surface area contributed by atoms with Gasteiger partial charge in [-0.3, -0.25) is 9.78 Å². The monoisotopic (exact) mass is 378 g/mol. The van der Waals surface area contributed by atoms with Crippen LogP contribution in [0, 0.1) is 18.8 Å². The summed E-state index contributed by atoms with van der Waals surface area (Å²) in [6.07, 6.45) is 7.64. The van der Waals surface area contributed by atoms with Crippen molar-refractivity contribution in [2.24, 2.45) is 11.8 Å². The minimum atomic E-state index is 0.125. The molecule has 0 atom stereocenters. The molecule has 1 saturated heterocycles. The van der Waals surface area contributed by atoms with Gasteiger partial charge in [-0.2, -0.15) is 0 Å². The summed E-state index contributed by atoms with van der Waals surface area (Å²) in [6, 6.07) is 12.6. The van der Waals surface area contributed by atoms with Gasteiger partial charge in [-0.1, -0.05) is 24.3 Å². The fourth-order valence-electron chi connectivity index (χ4n) is 3.95. The highest BCUT2D eigenvalue weighted by Gasteiger charge is 2.25. The number of pyridine rings is 1. The van der Waals surface area contributed by atoms with E-state index in [1.165, 1.54) is 24.0 Å². The molecule has 4 nitrogen and oxygen atoms in total. The van der Waals surface area contributed by atoms with Crippen molar-refractivity contribution in [1.82, 2.24) is 9.88 Å². The number of likely N-dealkylation sites (tertiary alicyclic amines) is 1. The number of nitrogens with zero attached hydrogens (tertiary/aromatic N) is 2. The van der Waals surface area contributed by atoms with E-state index in [4.69, 9.17) is 4.74 Å². The molecule has 148 valence electrons. The molecule has 0 spiro atoms. The summed E-state index contributed by atoms with van der Waals surface area (Å²) in [7, 11) is 0. The second-order valence-corrected chi connectivity index (χ2v) is 8.35. The minimum Gasteiger partial charge on any atom is -0.376 e. The molecular weight excluding hydrogens is 348 g/mol. The van der Waals surface area contributed by atoms with Gasteiger partial charge in [-0.25, -0.2) is 0 Å². The first-order chi connectivity index (χ1) is 13.7. The summed E-state index contributed by atoms with van der Waals surface area (Å²) >= 11 is 0. The van der Waals surface area contributed by atoms with Crippen LogP contribution in [0.15, 0.2) is 42.6 Å². The Labute approximate surface area is 167 Å². The number of piperidine rings is 1. The molecule has 0 bridgehead atoms. The van der Waals surface area contributed by atoms with Gasteiger partial charge in [-0.15, -0.1) is 0 Å². The molecule has 1 aromatic heterocycles. The first kappa shape index (κ1) is 19.1. The third kappa shape index (κ3) is 4.99. The van der Waals surface area contributed by atoms with E-state index in [9.17, 15) is 4.79 Å². The normalized spacial score (nSPS) is 17.7. The molecular formula is C24H30N2O2. The van der Waals surface area contributed by atoms with Gasteiger partial charge in [-0.05, 0) is 74.1 Å². The van der Waals surface area contributed by atoms with E-state index in [0.29, 0.717) is 5.92 Å². The maximum absolute atomic E-state index is 12.7. The van der Waals surface area contributed by atoms with Crippen LogP contribution in [-0.2, 0) is 17.8 Å². The molecule has 4 heteroatoms. The molecule has 2 aromatic rings. The number of amides is 1. The number of rotatable bonds is 7. The van der Waals surface area contributed by atoms with Crippen LogP contribution >= 0.6 is 0 Å². The minimum absolute atomic E-state index is 0.125. The fraction of sp³-hybridized carbons (Fsp3) is 0.500. The van der Waals surface area contributed by atoms with Crippen LogP contribution in [0.4, 0.5) is 0 Å². The SMILES string of the molecule is Cc1ncccc1C(=O)N1CCC(Cc2ccc(COCC3CC3)cc2)CC1. The summed E-state index contributed by atoms with van der Waals surface area (Å²) in [5.74, 6) is 1.59. The zero-order chi connectivity index (χ0) is 19.3. The molecule has 28 heavy (non-hydrogen) atoms. The quantitative estimate of drug-likeness (QED) is 0.717. The van der Waals surface area contributed by atoms with Gasteiger partial charge >= 0.3 is 0 Å². The molecule has 2 heterocycles. The fourth-order valence-corrected chi connectivity index (χ4v) is 3.95. The van der Waals surface area contributed by atoms with E-state index < -0.39 is 0 Å². The molecule has 1 aromatic carbocycles. The van der Waals surface area contributed by atoms with Crippen LogP contribution in [0.2, 0.25) is 0 Å². The lowest BCUT2D eigenvalue weighted by Crippen LogP contribution is -2.39. The van der Waals surface area contributed by atoms with E-state index in [0.717, 1.165) is 62.7 Å². The number of carbonyl (C=O) groups excluding carboxylic acids is 1. The lowest BCUT2D eigenvalue weighted by Gasteiger charge is -2.32. The molecule has 1 aliphatic heterocycles. The van der Waals surface area contributed by atoms with Crippen LogP contribution in [0.3, 0.4) is 0 Å². The van der Waals surface area contributed by atoms with Gasteiger partial charge in [0.2, 0.25) is 0 Å². The zero-order valence-corrected chi connectivity index (χ0v) is 16.8. The number of aromatic nitrogens is 1. The number of benzene rings is 1. The topological polar surface area (TPSA) is 42.4 Å². The molecule has 0 N–H and O–H groups in total. The van der Waals surface area contributed by atoms with Crippen molar-refractivity contribution in [2.45, 2.75) is 45.6 Å². The molecule has 0 unspecified atom stereocenters. The van der Waals surface area contributed by atoms with E-state index in [2.05, 4.69) is 29.2 Å². The zero-order valence-electron chi connectivity index (χ0n) is 16.8. The Balaban J connectivity index is 1.23. The van der Waals surface area contributed by atoms with Crippen molar-refractivity contribution in [3.63, 3.8) is 0 Å². The third-order valence-corrected chi connectivity index (χ3v) is 6.01. The summed E-state index contributed by atoms with van der Waals surface area (Å²) < 4.78 is 5.77. The molecule has 2 fully saturated rings. The standard InChI is InChI=1S/C24H30N2O2/c1-18-23(3-2-12-25-18)24(27)26-13-10-20(11-14-26)15-19-4-6-21(7-5-19)16-28-17-22-8-9-22/h2-7,12,20,22H,8-11,13-17H2,1H3. The van der Waals surface area contributed by atoms with Crippen LogP contribution in [-0.4, -0.2) is 35.5 Å². The molecule has 4 rings (SSSR count). The van der Waals surface area contributed by atoms with Crippen molar-refractivity contribution in [3.8, 4) is 0 Å². The summed E-state index contributed by atoms with van der Waals surface area (Å²) in [4.78, 5) is 19.0. The number of hydrogen-bond donors (Lipinski definition) is 0. The lowest BCUT2D eigenvalue weighted by molar-refractivity contribution is 0.0689. The predicted molar refractivity (Wildman–Crippen MR) is 110 cm³/mol. The molecule has 1 saturated carbocycles. The van der Waals surface area contributed by atoms with Crippen LogP contribution in [0.1, 0.15) is 52.9 Å². The van der Waals surface area contributed by atoms with Crippen LogP contribution in [0.25, 0.3) is 0 Å². The maximum atomic E-state index is 12.7. The maximum Gasteiger partial charge on any atom is 0.255 e. The molecule has 1 aliphatic carbocycles. The van der Waals surface area contributed by atoms with E-state index in [-0.39, 0.29) is 5.91 Å². The van der Waals surface area contributed by atoms with Crippen molar-refractivity contribution < 1.29 is 9.53 Å². The van der Waals surface area contributed by atoms with Gasteiger partial charge < -0.3 is 9.64 Å². The Bertz CT molecular complexity index is 791. The largest absolute Gasteiger partial charge is 0.376 e. The Kier molecular flexibility index (Phi) is 6.06. The Hall–Kier alpha value is -2.20. The van der Waals surface area contributed by atoms with Crippen LogP contribution in [0.5, 0.6) is 0 Å². The number of carbonyl (C=O) groups is 1. The lowest BCUT2D eigenvalue weighted by atomic mass is 9.89. The highest BCUT2D eigenvalue weighted by atomic mass is 16.5. The summed E-state index contributed by atoms with van der Waals surface area (Å²) in [5, 5.41) is 0. The number of ether oxygens (including phenoxy) is 1. The van der Waals surface area contributed by atoms with Crippen molar-refractivity contribution in [1.29, 1.82) is 0 Å². The van der Waals surface area contributed by atoms with Gasteiger partial charge in [0.05, 0.1) is 12.2 Å². The summed E-state index contributed by atoms with van der Waals surface area (Å²) in [6.45, 7) is 5.22. The molecule has 0 radical (unpaired) electrons. The first-order valence-electron chi connectivity index (χ1n) is 10.6. The third-order valence-electron chi connectivity index (χ3n) is 6.01. The van der Waals surface area contributed by atoms with E-state index in [1.807, 2.05) is 24.0 Å². The van der Waals surface area contributed by atoms with Crippen molar-refractivity contribution >= 4 is 5.91 Å². The second kappa shape index (κ2) is 8.87. The van der Waals surface area contributed by atoms with Crippen molar-refractivity contribution in [3.05, 3.63) is 65.0 Å². The van der Waals surface area contributed by atoms with Gasteiger partial charge in [0.1, 0.15) is 0 Å². The molecule has 2 aliphatic rings. The summed E-state index contributed by atoms with van der Waals surface area (Å²) in [5.41, 5.74) is 4.20. The smallest absolute Gasteiger partial charge is 0.255 e. The van der Waals surface area contributed by atoms with Gasteiger partial charge in [0.15, 0.2) is 0 Å². The van der Waals surface area contributed by atoms with E-state index >= 15 is 0 Å². The average molecular weight is 379 g/mol. The van der Waals surface area contributed by atoms with Crippen molar-refractivity contribution in [2.75, 3.05) is 19.7 Å². The number of hydrogen-bond acceptors (Lipinski definition) is 3. The number of aryl methyl sites for hydroxylation is 1. The molecule has 1 amide bonds. The Morgan fingerprint density at radius 3 is 2.43 bits per heavy atom. The van der Waals surface area contributed by atoms with Gasteiger partial charge in [0, 0.05) is 31.6 Å². The Morgan fingerprint density at radius 1 is 1.04 bits per heavy atom. The second-order valence-electron chi connectivity index (χ2n) is 8.35. The average Bonchev–Trinajstić information content (AvgIpc) is 3.54. The highest BCUT2D eigenvalue weighted by molar-refractivity contribution is 5.95. The van der Waals surface area contributed by atoms with Gasteiger partial charge in [0.25, 0.3) is 5.91 Å². The predicted octanol–water partition coefficient (Wildman–Crippen LogP) is 4.41. The van der Waals surface area contributed by atoms with Crippen LogP contribution < -0.4 is 0 Å². The first-order valence-corrected chi connectivity index (χ1v) is 10.6.